The van der Waals surface area contributed by atoms with Crippen LogP contribution in [-0.2, 0) is 12.8 Å². The van der Waals surface area contributed by atoms with Gasteiger partial charge in [-0.2, -0.15) is 0 Å². The molecule has 4 nitrogen and oxygen atoms in total. The van der Waals surface area contributed by atoms with E-state index >= 15 is 0 Å². The predicted molar refractivity (Wildman–Crippen MR) is 127 cm³/mol. The summed E-state index contributed by atoms with van der Waals surface area (Å²) in [5.41, 5.74) is 5.86. The van der Waals surface area contributed by atoms with E-state index < -0.39 is 0 Å². The molecular formula is C28H24N2O2. The highest BCUT2D eigenvalue weighted by molar-refractivity contribution is 5.68. The molecule has 0 bridgehead atoms. The highest BCUT2D eigenvalue weighted by Gasteiger charge is 2.17. The van der Waals surface area contributed by atoms with Crippen molar-refractivity contribution in [3.05, 3.63) is 96.3 Å². The van der Waals surface area contributed by atoms with E-state index in [-0.39, 0.29) is 0 Å². The van der Waals surface area contributed by atoms with Gasteiger partial charge < -0.3 is 8.83 Å². The van der Waals surface area contributed by atoms with Crippen molar-refractivity contribution in [2.45, 2.75) is 26.7 Å². The van der Waals surface area contributed by atoms with Crippen LogP contribution in [0.2, 0.25) is 0 Å². The van der Waals surface area contributed by atoms with Crippen molar-refractivity contribution in [3.8, 4) is 45.6 Å². The molecular weight excluding hydrogens is 396 g/mol. The molecule has 3 aromatic carbocycles. The van der Waals surface area contributed by atoms with Gasteiger partial charge in [-0.15, -0.1) is 0 Å². The molecule has 0 aliphatic rings. The number of nitrogens with zero attached hydrogens (tertiary/aromatic N) is 2. The number of aryl methyl sites for hydroxylation is 2. The minimum Gasteiger partial charge on any atom is -0.436 e. The Bertz CT molecular complexity index is 1210. The molecule has 0 atom stereocenters. The fraction of sp³-hybridized carbons (Fsp3) is 0.143. The van der Waals surface area contributed by atoms with Crippen LogP contribution < -0.4 is 0 Å². The van der Waals surface area contributed by atoms with Gasteiger partial charge in [0.25, 0.3) is 0 Å². The fourth-order valence-corrected chi connectivity index (χ4v) is 3.82. The Morgan fingerprint density at radius 1 is 0.500 bits per heavy atom. The Morgan fingerprint density at radius 3 is 1.22 bits per heavy atom. The Hall–Kier alpha value is -3.92. The van der Waals surface area contributed by atoms with E-state index in [1.807, 2.05) is 84.9 Å². The highest BCUT2D eigenvalue weighted by Crippen LogP contribution is 2.33. The second-order valence-corrected chi connectivity index (χ2v) is 7.61. The monoisotopic (exact) mass is 420 g/mol. The summed E-state index contributed by atoms with van der Waals surface area (Å²) in [5.74, 6) is 2.91. The lowest BCUT2D eigenvalue weighted by Gasteiger charge is -2.00. The number of hydrogen-bond acceptors (Lipinski definition) is 4. The van der Waals surface area contributed by atoms with E-state index in [9.17, 15) is 0 Å². The Labute approximate surface area is 187 Å². The van der Waals surface area contributed by atoms with E-state index in [4.69, 9.17) is 18.8 Å². The van der Waals surface area contributed by atoms with Crippen LogP contribution in [0, 0.1) is 0 Å². The number of oxazole rings is 2. The molecule has 0 spiro atoms. The molecule has 0 aliphatic heterocycles. The molecule has 0 aliphatic carbocycles. The van der Waals surface area contributed by atoms with Crippen molar-refractivity contribution < 1.29 is 8.83 Å². The molecule has 0 amide bonds. The largest absolute Gasteiger partial charge is 0.436 e. The quantitative estimate of drug-likeness (QED) is 0.286. The first-order chi connectivity index (χ1) is 15.8. The molecule has 2 heterocycles. The average Bonchev–Trinajstić information content (AvgIpc) is 3.50. The van der Waals surface area contributed by atoms with Crippen LogP contribution in [0.4, 0.5) is 0 Å². The first kappa shape index (κ1) is 20.0. The third kappa shape index (κ3) is 3.76. The van der Waals surface area contributed by atoms with E-state index in [0.717, 1.165) is 58.0 Å². The van der Waals surface area contributed by atoms with Crippen LogP contribution in [0.5, 0.6) is 0 Å². The van der Waals surface area contributed by atoms with E-state index in [1.165, 1.54) is 0 Å². The maximum atomic E-state index is 6.17. The second kappa shape index (κ2) is 8.67. The van der Waals surface area contributed by atoms with Crippen LogP contribution in [-0.4, -0.2) is 9.97 Å². The van der Waals surface area contributed by atoms with Crippen LogP contribution in [0.15, 0.2) is 93.8 Å². The van der Waals surface area contributed by atoms with Gasteiger partial charge in [0.2, 0.25) is 11.8 Å². The predicted octanol–water partition coefficient (Wildman–Crippen LogP) is 7.46. The Balaban J connectivity index is 1.47. The third-order valence-corrected chi connectivity index (χ3v) is 5.52. The minimum absolute atomic E-state index is 0.624. The molecule has 0 saturated carbocycles. The summed E-state index contributed by atoms with van der Waals surface area (Å²) >= 11 is 0. The van der Waals surface area contributed by atoms with Gasteiger partial charge in [-0.25, -0.2) is 9.97 Å². The standard InChI is InChI=1S/C28H24N2O2/c1-3-23-25(19-11-7-5-8-12-19)31-27(29-23)21-15-17-22(18-16-21)28-30-24(4-2)26(32-28)20-13-9-6-10-14-20/h5-18H,3-4H2,1-2H3. The van der Waals surface area contributed by atoms with Gasteiger partial charge in [-0.1, -0.05) is 74.5 Å². The molecule has 5 rings (SSSR count). The van der Waals surface area contributed by atoms with Crippen molar-refractivity contribution in [3.63, 3.8) is 0 Å². The van der Waals surface area contributed by atoms with Gasteiger partial charge in [-0.05, 0) is 37.1 Å². The molecule has 0 unspecified atom stereocenters. The van der Waals surface area contributed by atoms with Crippen LogP contribution in [0.1, 0.15) is 25.2 Å². The number of benzene rings is 3. The van der Waals surface area contributed by atoms with E-state index in [0.29, 0.717) is 11.8 Å². The zero-order chi connectivity index (χ0) is 21.9. The first-order valence-corrected chi connectivity index (χ1v) is 11.0. The number of aromatic nitrogens is 2. The molecule has 0 saturated heterocycles. The maximum Gasteiger partial charge on any atom is 0.227 e. The molecule has 0 N–H and O–H groups in total. The molecule has 0 radical (unpaired) electrons. The number of rotatable bonds is 6. The van der Waals surface area contributed by atoms with Crippen molar-refractivity contribution in [1.82, 2.24) is 9.97 Å². The summed E-state index contributed by atoms with van der Waals surface area (Å²) in [6, 6.07) is 28.3. The summed E-state index contributed by atoms with van der Waals surface area (Å²) in [7, 11) is 0. The van der Waals surface area contributed by atoms with Crippen LogP contribution >= 0.6 is 0 Å². The third-order valence-electron chi connectivity index (χ3n) is 5.52. The molecule has 0 fully saturated rings. The van der Waals surface area contributed by atoms with Crippen molar-refractivity contribution in [2.75, 3.05) is 0 Å². The first-order valence-electron chi connectivity index (χ1n) is 11.0. The van der Waals surface area contributed by atoms with Gasteiger partial charge in [0.15, 0.2) is 11.5 Å². The van der Waals surface area contributed by atoms with Gasteiger partial charge in [0.1, 0.15) is 0 Å². The molecule has 158 valence electrons. The van der Waals surface area contributed by atoms with Gasteiger partial charge in [0.05, 0.1) is 11.4 Å². The fourth-order valence-electron chi connectivity index (χ4n) is 3.82. The second-order valence-electron chi connectivity index (χ2n) is 7.61. The molecule has 32 heavy (non-hydrogen) atoms. The van der Waals surface area contributed by atoms with Crippen molar-refractivity contribution >= 4 is 0 Å². The lowest BCUT2D eigenvalue weighted by Crippen LogP contribution is -1.85. The highest BCUT2D eigenvalue weighted by atomic mass is 16.4. The SMILES string of the molecule is CCc1nc(-c2ccc(-c3nc(CC)c(-c4ccccc4)o3)cc2)oc1-c1ccccc1. The van der Waals surface area contributed by atoms with Crippen molar-refractivity contribution in [1.29, 1.82) is 0 Å². The number of hydrogen-bond donors (Lipinski definition) is 0. The van der Waals surface area contributed by atoms with Gasteiger partial charge >= 0.3 is 0 Å². The molecule has 5 aromatic rings. The van der Waals surface area contributed by atoms with Crippen molar-refractivity contribution in [2.24, 2.45) is 0 Å². The zero-order valence-corrected chi connectivity index (χ0v) is 18.2. The Kier molecular flexibility index (Phi) is 5.42. The average molecular weight is 421 g/mol. The summed E-state index contributed by atoms with van der Waals surface area (Å²) in [6.45, 7) is 4.19. The smallest absolute Gasteiger partial charge is 0.227 e. The zero-order valence-electron chi connectivity index (χ0n) is 18.2. The lowest BCUT2D eigenvalue weighted by molar-refractivity contribution is 0.585. The van der Waals surface area contributed by atoms with Crippen LogP contribution in [0.3, 0.4) is 0 Å². The summed E-state index contributed by atoms with van der Waals surface area (Å²) < 4.78 is 12.3. The topological polar surface area (TPSA) is 52.1 Å². The minimum atomic E-state index is 0.624. The summed E-state index contributed by atoms with van der Waals surface area (Å²) in [6.07, 6.45) is 1.62. The normalized spacial score (nSPS) is 11.1. The summed E-state index contributed by atoms with van der Waals surface area (Å²) in [5, 5.41) is 0. The maximum absolute atomic E-state index is 6.17. The van der Waals surface area contributed by atoms with Gasteiger partial charge in [0, 0.05) is 22.3 Å². The van der Waals surface area contributed by atoms with E-state index in [1.54, 1.807) is 0 Å². The van der Waals surface area contributed by atoms with Crippen LogP contribution in [0.25, 0.3) is 45.6 Å². The Morgan fingerprint density at radius 2 is 0.875 bits per heavy atom. The van der Waals surface area contributed by atoms with Gasteiger partial charge in [-0.3, -0.25) is 0 Å². The molecule has 4 heteroatoms. The van der Waals surface area contributed by atoms with E-state index in [2.05, 4.69) is 13.8 Å². The lowest BCUT2D eigenvalue weighted by atomic mass is 10.1. The summed E-state index contributed by atoms with van der Waals surface area (Å²) in [4.78, 5) is 9.49. The molecule has 2 aromatic heterocycles.